The molecule has 1 N–H and O–H groups in total. The van der Waals surface area contributed by atoms with Gasteiger partial charge in [0, 0.05) is 11.8 Å². The molecular formula is C23H45NO2S. The summed E-state index contributed by atoms with van der Waals surface area (Å²) >= 11 is 1.01. The second-order valence-electron chi connectivity index (χ2n) is 10.3. The third-order valence-electron chi connectivity index (χ3n) is 7.69. The van der Waals surface area contributed by atoms with Crippen molar-refractivity contribution in [1.29, 1.82) is 0 Å². The van der Waals surface area contributed by atoms with E-state index in [-0.39, 0.29) is 0 Å². The van der Waals surface area contributed by atoms with Crippen LogP contribution in [-0.2, 0) is 4.74 Å². The second-order valence-corrected chi connectivity index (χ2v) is 10.9. The molecule has 0 saturated carbocycles. The van der Waals surface area contributed by atoms with Gasteiger partial charge in [-0.15, -0.1) is 0 Å². The van der Waals surface area contributed by atoms with Gasteiger partial charge in [-0.1, -0.05) is 27.7 Å². The molecule has 0 amide bonds. The van der Waals surface area contributed by atoms with E-state index in [0.29, 0.717) is 29.4 Å². The van der Waals surface area contributed by atoms with E-state index in [1.807, 2.05) is 0 Å². The Labute approximate surface area is 173 Å². The molecule has 4 heteroatoms. The highest BCUT2D eigenvalue weighted by Crippen LogP contribution is 2.48. The van der Waals surface area contributed by atoms with Crippen molar-refractivity contribution >= 4 is 12.0 Å². The SMILES string of the molecule is CC(C)C1CCC(C(C)(C)C(CCCSO)C2CCN(C(C)C)CC2)CO1. The van der Waals surface area contributed by atoms with Crippen LogP contribution in [0.25, 0.3) is 0 Å². The molecule has 3 atom stereocenters. The molecule has 2 aliphatic rings. The molecule has 0 aromatic heterocycles. The van der Waals surface area contributed by atoms with Crippen molar-refractivity contribution in [3.63, 3.8) is 0 Å². The van der Waals surface area contributed by atoms with E-state index < -0.39 is 0 Å². The number of rotatable bonds is 9. The minimum absolute atomic E-state index is 0.312. The van der Waals surface area contributed by atoms with E-state index in [1.165, 1.54) is 45.2 Å². The molecular weight excluding hydrogens is 354 g/mol. The molecule has 0 aromatic rings. The van der Waals surface area contributed by atoms with Crippen LogP contribution in [0, 0.1) is 29.1 Å². The molecule has 2 rings (SSSR count). The fourth-order valence-electron chi connectivity index (χ4n) is 5.61. The third-order valence-corrected chi connectivity index (χ3v) is 8.16. The van der Waals surface area contributed by atoms with Gasteiger partial charge < -0.3 is 14.2 Å². The monoisotopic (exact) mass is 399 g/mol. The summed E-state index contributed by atoms with van der Waals surface area (Å²) in [5.41, 5.74) is 0.312. The van der Waals surface area contributed by atoms with Crippen LogP contribution in [0.4, 0.5) is 0 Å². The lowest BCUT2D eigenvalue weighted by Gasteiger charge is -2.49. The van der Waals surface area contributed by atoms with Crippen LogP contribution in [0.1, 0.15) is 80.1 Å². The average Bonchev–Trinajstić information content (AvgIpc) is 2.65. The highest BCUT2D eigenvalue weighted by molar-refractivity contribution is 7.93. The Bertz CT molecular complexity index is 411. The van der Waals surface area contributed by atoms with Gasteiger partial charge in [0.05, 0.1) is 12.7 Å². The van der Waals surface area contributed by atoms with Crippen molar-refractivity contribution in [2.24, 2.45) is 29.1 Å². The minimum Gasteiger partial charge on any atom is -0.378 e. The maximum atomic E-state index is 9.21. The van der Waals surface area contributed by atoms with Crippen molar-refractivity contribution < 1.29 is 9.29 Å². The zero-order valence-electron chi connectivity index (χ0n) is 18.7. The second kappa shape index (κ2) is 10.8. The molecule has 27 heavy (non-hydrogen) atoms. The number of hydrogen-bond donors (Lipinski definition) is 1. The van der Waals surface area contributed by atoms with Crippen LogP contribution in [0.2, 0.25) is 0 Å². The van der Waals surface area contributed by atoms with E-state index in [9.17, 15) is 4.55 Å². The molecule has 0 bridgehead atoms. The number of piperidine rings is 1. The first kappa shape index (κ1) is 23.5. The van der Waals surface area contributed by atoms with Gasteiger partial charge in [0.1, 0.15) is 0 Å². The highest BCUT2D eigenvalue weighted by Gasteiger charge is 2.43. The van der Waals surface area contributed by atoms with Crippen molar-refractivity contribution in [3.8, 4) is 0 Å². The smallest absolute Gasteiger partial charge is 0.0598 e. The van der Waals surface area contributed by atoms with Gasteiger partial charge in [-0.25, -0.2) is 0 Å². The molecule has 3 nitrogen and oxygen atoms in total. The molecule has 2 saturated heterocycles. The number of ether oxygens (including phenoxy) is 1. The Morgan fingerprint density at radius 2 is 1.74 bits per heavy atom. The Hall–Kier alpha value is 0.230. The van der Waals surface area contributed by atoms with E-state index in [0.717, 1.165) is 42.7 Å². The standard InChI is InChI=1S/C23H45NO2S/c1-17(2)22-10-9-20(16-26-22)23(5,6)21(8-7-15-27-25)19-11-13-24(14-12-19)18(3)4/h17-22,25H,7-16H2,1-6H3. The quantitative estimate of drug-likeness (QED) is 0.370. The van der Waals surface area contributed by atoms with E-state index >= 15 is 0 Å². The molecule has 0 aliphatic carbocycles. The molecule has 0 spiro atoms. The Morgan fingerprint density at radius 1 is 1.07 bits per heavy atom. The molecule has 2 aliphatic heterocycles. The van der Waals surface area contributed by atoms with Crippen LogP contribution >= 0.6 is 12.0 Å². The molecule has 0 aromatic carbocycles. The van der Waals surface area contributed by atoms with Gasteiger partial charge in [0.25, 0.3) is 0 Å². The number of hydrogen-bond acceptors (Lipinski definition) is 4. The zero-order valence-corrected chi connectivity index (χ0v) is 19.6. The van der Waals surface area contributed by atoms with Crippen molar-refractivity contribution in [2.75, 3.05) is 25.4 Å². The summed E-state index contributed by atoms with van der Waals surface area (Å²) in [5.74, 6) is 3.73. The lowest BCUT2D eigenvalue weighted by Crippen LogP contribution is -2.46. The molecule has 3 unspecified atom stereocenters. The topological polar surface area (TPSA) is 32.7 Å². The predicted octanol–water partition coefficient (Wildman–Crippen LogP) is 6.19. The van der Waals surface area contributed by atoms with Crippen LogP contribution in [0.3, 0.4) is 0 Å². The number of likely N-dealkylation sites (tertiary alicyclic amines) is 1. The molecule has 2 fully saturated rings. The van der Waals surface area contributed by atoms with Gasteiger partial charge in [0.15, 0.2) is 0 Å². The maximum absolute atomic E-state index is 9.21. The summed E-state index contributed by atoms with van der Waals surface area (Å²) in [6, 6.07) is 0.669. The summed E-state index contributed by atoms with van der Waals surface area (Å²) in [7, 11) is 0. The van der Waals surface area contributed by atoms with Crippen LogP contribution in [-0.4, -0.2) is 47.0 Å². The van der Waals surface area contributed by atoms with E-state index in [2.05, 4.69) is 46.4 Å². The first-order chi connectivity index (χ1) is 12.8. The fourth-order valence-corrected chi connectivity index (χ4v) is 5.90. The summed E-state index contributed by atoms with van der Waals surface area (Å²) in [4.78, 5) is 2.64. The molecule has 2 heterocycles. The van der Waals surface area contributed by atoms with Crippen LogP contribution < -0.4 is 0 Å². The van der Waals surface area contributed by atoms with E-state index in [4.69, 9.17) is 4.74 Å². The van der Waals surface area contributed by atoms with Crippen molar-refractivity contribution in [3.05, 3.63) is 0 Å². The van der Waals surface area contributed by atoms with Gasteiger partial charge >= 0.3 is 0 Å². The Morgan fingerprint density at radius 3 is 2.22 bits per heavy atom. The summed E-state index contributed by atoms with van der Waals surface area (Å²) in [6.45, 7) is 17.7. The molecule has 160 valence electrons. The van der Waals surface area contributed by atoms with Gasteiger partial charge in [-0.2, -0.15) is 0 Å². The van der Waals surface area contributed by atoms with Crippen molar-refractivity contribution in [2.45, 2.75) is 92.2 Å². The highest BCUT2D eigenvalue weighted by atomic mass is 32.2. The molecule has 0 radical (unpaired) electrons. The zero-order chi connectivity index (χ0) is 20.0. The first-order valence-corrected chi connectivity index (χ1v) is 12.3. The summed E-state index contributed by atoms with van der Waals surface area (Å²) < 4.78 is 15.5. The minimum atomic E-state index is 0.312. The lowest BCUT2D eigenvalue weighted by molar-refractivity contribution is -0.0918. The predicted molar refractivity (Wildman–Crippen MR) is 118 cm³/mol. The number of nitrogens with zero attached hydrogens (tertiary/aromatic N) is 1. The van der Waals surface area contributed by atoms with Gasteiger partial charge in [0.2, 0.25) is 0 Å². The largest absolute Gasteiger partial charge is 0.378 e. The van der Waals surface area contributed by atoms with Crippen LogP contribution in [0.5, 0.6) is 0 Å². The van der Waals surface area contributed by atoms with Gasteiger partial charge in [-0.3, -0.25) is 0 Å². The van der Waals surface area contributed by atoms with Gasteiger partial charge in [-0.05, 0) is 107 Å². The average molecular weight is 400 g/mol. The first-order valence-electron chi connectivity index (χ1n) is 11.4. The Balaban J connectivity index is 2.03. The fraction of sp³-hybridized carbons (Fsp3) is 1.00. The van der Waals surface area contributed by atoms with E-state index in [1.54, 1.807) is 0 Å². The Kier molecular flexibility index (Phi) is 9.45. The summed E-state index contributed by atoms with van der Waals surface area (Å²) in [6.07, 6.45) is 8.03. The maximum Gasteiger partial charge on any atom is 0.0598 e. The van der Waals surface area contributed by atoms with Crippen molar-refractivity contribution in [1.82, 2.24) is 4.90 Å². The van der Waals surface area contributed by atoms with Crippen LogP contribution in [0.15, 0.2) is 0 Å². The summed E-state index contributed by atoms with van der Waals surface area (Å²) in [5, 5.41) is 0. The normalized spacial score (nSPS) is 27.4. The third kappa shape index (κ3) is 6.35. The lowest BCUT2D eigenvalue weighted by atomic mass is 9.60.